The molecule has 0 saturated heterocycles. The van der Waals surface area contributed by atoms with Crippen molar-refractivity contribution in [3.8, 4) is 11.5 Å². The lowest BCUT2D eigenvalue weighted by Crippen LogP contribution is -2.48. The average molecular weight is 397 g/mol. The van der Waals surface area contributed by atoms with E-state index in [0.717, 1.165) is 25.7 Å². The third-order valence-electron chi connectivity index (χ3n) is 5.90. The van der Waals surface area contributed by atoms with Crippen molar-refractivity contribution in [2.75, 3.05) is 0 Å². The van der Waals surface area contributed by atoms with E-state index in [4.69, 9.17) is 4.74 Å². The molecule has 2 fully saturated rings. The molecule has 0 spiro atoms. The standard InChI is InChI=1S/C21H29F2NO4/c1-21(2,26)14-7-9-15(10-8-14)24-19(25)13-11-16(12-13)27-17-5-3-4-6-18(17)28-20(22)23/h3-6,13-16,20,26H,7-12H2,1-2H3,(H,24,25)/t13-,14-,15-,16-. The second-order valence-electron chi connectivity index (χ2n) is 8.44. The molecule has 28 heavy (non-hydrogen) atoms. The molecule has 0 aliphatic heterocycles. The highest BCUT2D eigenvalue weighted by Crippen LogP contribution is 2.37. The van der Waals surface area contributed by atoms with Gasteiger partial charge in [-0.1, -0.05) is 12.1 Å². The van der Waals surface area contributed by atoms with Gasteiger partial charge < -0.3 is 19.9 Å². The van der Waals surface area contributed by atoms with Crippen LogP contribution < -0.4 is 14.8 Å². The van der Waals surface area contributed by atoms with Crippen LogP contribution in [0.2, 0.25) is 0 Å². The van der Waals surface area contributed by atoms with Crippen molar-refractivity contribution in [1.29, 1.82) is 0 Å². The SMILES string of the molecule is CC(C)(O)[C@H]1CC[C@H](NC(=O)[C@H]2C[C@H](Oc3ccccc3OC(F)F)C2)CC1. The molecule has 156 valence electrons. The van der Waals surface area contributed by atoms with E-state index in [2.05, 4.69) is 10.1 Å². The van der Waals surface area contributed by atoms with Crippen molar-refractivity contribution in [1.82, 2.24) is 5.32 Å². The Morgan fingerprint density at radius 2 is 1.75 bits per heavy atom. The zero-order valence-electron chi connectivity index (χ0n) is 16.4. The molecule has 2 N–H and O–H groups in total. The highest BCUT2D eigenvalue weighted by Gasteiger charge is 2.38. The van der Waals surface area contributed by atoms with E-state index in [0.29, 0.717) is 12.8 Å². The molecule has 0 aromatic heterocycles. The number of alkyl halides is 2. The highest BCUT2D eigenvalue weighted by atomic mass is 19.3. The molecule has 0 heterocycles. The number of nitrogens with one attached hydrogen (secondary N) is 1. The molecule has 7 heteroatoms. The first-order valence-corrected chi connectivity index (χ1v) is 9.95. The first kappa shape index (κ1) is 20.8. The van der Waals surface area contributed by atoms with E-state index in [1.165, 1.54) is 6.07 Å². The Balaban J connectivity index is 1.42. The second kappa shape index (κ2) is 8.64. The van der Waals surface area contributed by atoms with E-state index in [9.17, 15) is 18.7 Å². The first-order valence-electron chi connectivity index (χ1n) is 9.95. The summed E-state index contributed by atoms with van der Waals surface area (Å²) in [5.74, 6) is 0.479. The lowest BCUT2D eigenvalue weighted by atomic mass is 9.76. The smallest absolute Gasteiger partial charge is 0.387 e. The predicted octanol–water partition coefficient (Wildman–Crippen LogP) is 3.89. The van der Waals surface area contributed by atoms with Gasteiger partial charge in [0.25, 0.3) is 0 Å². The summed E-state index contributed by atoms with van der Waals surface area (Å²) in [7, 11) is 0. The van der Waals surface area contributed by atoms with Crippen LogP contribution in [0.3, 0.4) is 0 Å². The Morgan fingerprint density at radius 3 is 2.32 bits per heavy atom. The van der Waals surface area contributed by atoms with Gasteiger partial charge in [-0.2, -0.15) is 8.78 Å². The van der Waals surface area contributed by atoms with Gasteiger partial charge in [0.2, 0.25) is 5.91 Å². The molecule has 2 aliphatic carbocycles. The number of aliphatic hydroxyl groups is 1. The molecule has 0 bridgehead atoms. The average Bonchev–Trinajstić information content (AvgIpc) is 2.58. The minimum absolute atomic E-state index is 0.00830. The minimum Gasteiger partial charge on any atom is -0.486 e. The number of hydrogen-bond donors (Lipinski definition) is 2. The number of carbonyl (C=O) groups excluding carboxylic acids is 1. The molecule has 0 radical (unpaired) electrons. The topological polar surface area (TPSA) is 67.8 Å². The molecular formula is C21H29F2NO4. The Labute approximate surface area is 164 Å². The molecule has 1 amide bonds. The van der Waals surface area contributed by atoms with Crippen molar-refractivity contribution < 1.29 is 28.2 Å². The van der Waals surface area contributed by atoms with Crippen LogP contribution in [0.1, 0.15) is 52.4 Å². The van der Waals surface area contributed by atoms with Crippen LogP contribution in [-0.4, -0.2) is 35.4 Å². The quantitative estimate of drug-likeness (QED) is 0.733. The van der Waals surface area contributed by atoms with Crippen molar-refractivity contribution in [2.45, 2.75) is 76.7 Å². The summed E-state index contributed by atoms with van der Waals surface area (Å²) in [6.45, 7) is 0.779. The number of carbonyl (C=O) groups is 1. The molecule has 0 atom stereocenters. The van der Waals surface area contributed by atoms with Crippen molar-refractivity contribution in [2.24, 2.45) is 11.8 Å². The number of amides is 1. The van der Waals surface area contributed by atoms with Gasteiger partial charge in [-0.15, -0.1) is 0 Å². The lowest BCUT2D eigenvalue weighted by molar-refractivity contribution is -0.131. The number of para-hydroxylation sites is 2. The van der Waals surface area contributed by atoms with Gasteiger partial charge in [-0.05, 0) is 70.4 Å². The van der Waals surface area contributed by atoms with Crippen LogP contribution >= 0.6 is 0 Å². The fourth-order valence-electron chi connectivity index (χ4n) is 4.06. The minimum atomic E-state index is -2.91. The van der Waals surface area contributed by atoms with E-state index in [1.807, 2.05) is 13.8 Å². The fraction of sp³-hybridized carbons (Fsp3) is 0.667. The van der Waals surface area contributed by atoms with Gasteiger partial charge in [0, 0.05) is 12.0 Å². The normalized spacial score (nSPS) is 27.8. The van der Waals surface area contributed by atoms with Gasteiger partial charge in [0.15, 0.2) is 11.5 Å². The summed E-state index contributed by atoms with van der Waals surface area (Å²) < 4.78 is 35.1. The Kier molecular flexibility index (Phi) is 6.43. The Morgan fingerprint density at radius 1 is 1.14 bits per heavy atom. The van der Waals surface area contributed by atoms with Crippen LogP contribution in [0.5, 0.6) is 11.5 Å². The van der Waals surface area contributed by atoms with E-state index < -0.39 is 12.2 Å². The van der Waals surface area contributed by atoms with Crippen molar-refractivity contribution >= 4 is 5.91 Å². The van der Waals surface area contributed by atoms with Gasteiger partial charge in [0.05, 0.1) is 5.60 Å². The third kappa shape index (κ3) is 5.34. The molecule has 2 aliphatic rings. The zero-order valence-corrected chi connectivity index (χ0v) is 16.4. The van der Waals surface area contributed by atoms with Crippen LogP contribution in [0.4, 0.5) is 8.78 Å². The number of ether oxygens (including phenoxy) is 2. The molecule has 0 unspecified atom stereocenters. The maximum atomic E-state index is 12.5. The number of halogens is 2. The largest absolute Gasteiger partial charge is 0.486 e. The highest BCUT2D eigenvalue weighted by molar-refractivity contribution is 5.80. The number of benzene rings is 1. The fourth-order valence-corrected chi connectivity index (χ4v) is 4.06. The maximum absolute atomic E-state index is 12.5. The summed E-state index contributed by atoms with van der Waals surface area (Å²) >= 11 is 0. The summed E-state index contributed by atoms with van der Waals surface area (Å²) in [5.41, 5.74) is -0.669. The monoisotopic (exact) mass is 397 g/mol. The lowest BCUT2D eigenvalue weighted by Gasteiger charge is -2.38. The number of rotatable bonds is 7. The van der Waals surface area contributed by atoms with E-state index in [1.54, 1.807) is 18.2 Å². The van der Waals surface area contributed by atoms with Gasteiger partial charge in [0.1, 0.15) is 6.10 Å². The summed E-state index contributed by atoms with van der Waals surface area (Å²) in [4.78, 5) is 12.4. The van der Waals surface area contributed by atoms with E-state index >= 15 is 0 Å². The predicted molar refractivity (Wildman–Crippen MR) is 100 cm³/mol. The van der Waals surface area contributed by atoms with Gasteiger partial charge in [-0.3, -0.25) is 4.79 Å². The van der Waals surface area contributed by atoms with Crippen molar-refractivity contribution in [3.63, 3.8) is 0 Å². The Bertz CT molecular complexity index is 663. The molecule has 5 nitrogen and oxygen atoms in total. The van der Waals surface area contributed by atoms with Gasteiger partial charge >= 0.3 is 6.61 Å². The van der Waals surface area contributed by atoms with E-state index in [-0.39, 0.29) is 41.4 Å². The van der Waals surface area contributed by atoms with Crippen molar-refractivity contribution in [3.05, 3.63) is 24.3 Å². The molecular weight excluding hydrogens is 368 g/mol. The van der Waals surface area contributed by atoms with Gasteiger partial charge in [-0.25, -0.2) is 0 Å². The number of hydrogen-bond acceptors (Lipinski definition) is 4. The summed E-state index contributed by atoms with van der Waals surface area (Å²) in [6.07, 6.45) is 4.53. The summed E-state index contributed by atoms with van der Waals surface area (Å²) in [5, 5.41) is 13.2. The molecule has 1 aromatic carbocycles. The molecule has 3 rings (SSSR count). The third-order valence-corrected chi connectivity index (χ3v) is 5.90. The Hall–Kier alpha value is -1.89. The summed E-state index contributed by atoms with van der Waals surface area (Å²) in [6, 6.07) is 6.49. The van der Waals surface area contributed by atoms with Crippen LogP contribution in [0, 0.1) is 11.8 Å². The molecule has 1 aromatic rings. The zero-order chi connectivity index (χ0) is 20.3. The van der Waals surface area contributed by atoms with Crippen LogP contribution in [0.25, 0.3) is 0 Å². The maximum Gasteiger partial charge on any atom is 0.387 e. The first-order chi connectivity index (χ1) is 13.2. The van der Waals surface area contributed by atoms with Crippen LogP contribution in [0.15, 0.2) is 24.3 Å². The van der Waals surface area contributed by atoms with Crippen LogP contribution in [-0.2, 0) is 4.79 Å². The second-order valence-corrected chi connectivity index (χ2v) is 8.44. The molecule has 2 saturated carbocycles.